The van der Waals surface area contributed by atoms with Crippen LogP contribution in [0.15, 0.2) is 0 Å². The van der Waals surface area contributed by atoms with Crippen LogP contribution in [0.4, 0.5) is 5.13 Å². The van der Waals surface area contributed by atoms with Crippen molar-refractivity contribution in [1.29, 1.82) is 5.26 Å². The first-order valence-corrected chi connectivity index (χ1v) is 6.78. The van der Waals surface area contributed by atoms with Crippen molar-refractivity contribution in [1.82, 2.24) is 4.98 Å². The summed E-state index contributed by atoms with van der Waals surface area (Å²) in [6, 6.07) is 2.61. The fourth-order valence-corrected chi connectivity index (χ4v) is 4.02. The lowest BCUT2D eigenvalue weighted by Crippen LogP contribution is -2.25. The molecule has 0 amide bonds. The summed E-state index contributed by atoms with van der Waals surface area (Å²) in [5, 5.41) is 13.4. The van der Waals surface area contributed by atoms with Crippen LogP contribution in [0.2, 0.25) is 5.15 Å². The molecule has 2 aliphatic rings. The van der Waals surface area contributed by atoms with E-state index in [1.165, 1.54) is 37.0 Å². The van der Waals surface area contributed by atoms with Crippen LogP contribution in [0.25, 0.3) is 0 Å². The van der Waals surface area contributed by atoms with Gasteiger partial charge in [0.15, 0.2) is 10.3 Å². The summed E-state index contributed by atoms with van der Waals surface area (Å²) in [6.07, 6.45) is 5.35. The third kappa shape index (κ3) is 1.68. The highest BCUT2D eigenvalue weighted by Gasteiger charge is 2.39. The molecule has 2 saturated carbocycles. The Kier molecular flexibility index (Phi) is 2.53. The minimum Gasteiger partial charge on any atom is -0.358 e. The zero-order valence-electron chi connectivity index (χ0n) is 8.74. The lowest BCUT2D eigenvalue weighted by atomic mass is 9.96. The molecule has 5 heteroatoms. The first-order chi connectivity index (χ1) is 7.76. The van der Waals surface area contributed by atoms with E-state index >= 15 is 0 Å². The fourth-order valence-electron chi connectivity index (χ4n) is 3.01. The van der Waals surface area contributed by atoms with Crippen LogP contribution >= 0.6 is 22.9 Å². The zero-order valence-corrected chi connectivity index (χ0v) is 10.3. The molecule has 2 aliphatic carbocycles. The number of fused-ring (bicyclic) bond motifs is 2. The van der Waals surface area contributed by atoms with Crippen LogP contribution in [-0.2, 0) is 0 Å². The number of halogens is 1. The quantitative estimate of drug-likeness (QED) is 0.880. The number of aromatic nitrogens is 1. The zero-order chi connectivity index (χ0) is 11.1. The summed E-state index contributed by atoms with van der Waals surface area (Å²) in [4.78, 5) is 4.69. The highest BCUT2D eigenvalue weighted by Crippen LogP contribution is 2.45. The van der Waals surface area contributed by atoms with Crippen molar-refractivity contribution in [2.24, 2.45) is 11.8 Å². The molecule has 3 rings (SSSR count). The van der Waals surface area contributed by atoms with Crippen molar-refractivity contribution < 1.29 is 0 Å². The molecule has 0 aromatic carbocycles. The van der Waals surface area contributed by atoms with Gasteiger partial charge in [0.2, 0.25) is 0 Å². The number of anilines is 1. The van der Waals surface area contributed by atoms with Gasteiger partial charge in [0, 0.05) is 6.04 Å². The monoisotopic (exact) mass is 253 g/mol. The van der Waals surface area contributed by atoms with Crippen LogP contribution in [0.1, 0.15) is 30.6 Å². The van der Waals surface area contributed by atoms with E-state index in [0.29, 0.717) is 16.1 Å². The average Bonchev–Trinajstić information content (AvgIpc) is 2.93. The summed E-state index contributed by atoms with van der Waals surface area (Å²) in [7, 11) is 0. The van der Waals surface area contributed by atoms with E-state index in [1.807, 2.05) is 0 Å². The van der Waals surface area contributed by atoms with Gasteiger partial charge in [-0.1, -0.05) is 29.4 Å². The Balaban J connectivity index is 1.73. The highest BCUT2D eigenvalue weighted by molar-refractivity contribution is 7.16. The van der Waals surface area contributed by atoms with Gasteiger partial charge in [-0.15, -0.1) is 0 Å². The number of nitriles is 1. The van der Waals surface area contributed by atoms with E-state index in [-0.39, 0.29) is 0 Å². The van der Waals surface area contributed by atoms with E-state index < -0.39 is 0 Å². The number of hydrogen-bond donors (Lipinski definition) is 1. The smallest absolute Gasteiger partial charge is 0.185 e. The molecule has 1 aromatic rings. The van der Waals surface area contributed by atoms with Gasteiger partial charge >= 0.3 is 0 Å². The van der Waals surface area contributed by atoms with Gasteiger partial charge in [-0.3, -0.25) is 0 Å². The van der Waals surface area contributed by atoms with Crippen LogP contribution in [0.5, 0.6) is 0 Å². The number of rotatable bonds is 2. The second kappa shape index (κ2) is 3.90. The SMILES string of the molecule is N#Cc1sc(NC2CC3CCC2C3)nc1Cl. The molecule has 2 fully saturated rings. The molecule has 0 spiro atoms. The van der Waals surface area contributed by atoms with Crippen molar-refractivity contribution in [2.75, 3.05) is 5.32 Å². The Morgan fingerprint density at radius 1 is 1.44 bits per heavy atom. The second-order valence-corrected chi connectivity index (χ2v) is 6.03. The van der Waals surface area contributed by atoms with Gasteiger partial charge in [0.1, 0.15) is 10.9 Å². The number of thiazole rings is 1. The number of nitrogens with zero attached hydrogens (tertiary/aromatic N) is 2. The molecule has 0 saturated heterocycles. The van der Waals surface area contributed by atoms with Crippen molar-refractivity contribution in [2.45, 2.75) is 31.7 Å². The molecular formula is C11H12ClN3S. The minimum atomic E-state index is 0.332. The maximum atomic E-state index is 8.81. The second-order valence-electron chi connectivity index (χ2n) is 4.68. The molecule has 0 aliphatic heterocycles. The largest absolute Gasteiger partial charge is 0.358 e. The Bertz CT molecular complexity index is 451. The Labute approximate surface area is 103 Å². The Hall–Kier alpha value is -0.790. The van der Waals surface area contributed by atoms with Crippen LogP contribution in [0.3, 0.4) is 0 Å². The van der Waals surface area contributed by atoms with Crippen LogP contribution in [0, 0.1) is 23.2 Å². The summed E-state index contributed by atoms with van der Waals surface area (Å²) in [6.45, 7) is 0. The van der Waals surface area contributed by atoms with Gasteiger partial charge in [-0.2, -0.15) is 5.26 Å². The van der Waals surface area contributed by atoms with Crippen LogP contribution < -0.4 is 5.32 Å². The molecule has 2 bridgehead atoms. The van der Waals surface area contributed by atoms with Crippen molar-refractivity contribution in [3.8, 4) is 6.07 Å². The Morgan fingerprint density at radius 3 is 2.88 bits per heavy atom. The molecule has 1 N–H and O–H groups in total. The van der Waals surface area contributed by atoms with E-state index in [4.69, 9.17) is 16.9 Å². The molecule has 3 nitrogen and oxygen atoms in total. The van der Waals surface area contributed by atoms with Gasteiger partial charge in [-0.25, -0.2) is 4.98 Å². The standard InChI is InChI=1S/C11H12ClN3S/c12-10-9(5-13)16-11(15-10)14-8-4-6-1-2-7(8)3-6/h6-8H,1-4H2,(H,14,15). The molecule has 1 heterocycles. The minimum absolute atomic E-state index is 0.332. The molecule has 16 heavy (non-hydrogen) atoms. The maximum absolute atomic E-state index is 8.81. The van der Waals surface area contributed by atoms with E-state index in [2.05, 4.69) is 16.4 Å². The molecule has 84 valence electrons. The van der Waals surface area contributed by atoms with Crippen molar-refractivity contribution in [3.63, 3.8) is 0 Å². The molecule has 3 unspecified atom stereocenters. The van der Waals surface area contributed by atoms with Crippen molar-refractivity contribution >= 4 is 28.1 Å². The summed E-state index contributed by atoms with van der Waals surface area (Å²) in [5.41, 5.74) is 0. The summed E-state index contributed by atoms with van der Waals surface area (Å²) < 4.78 is 0. The third-order valence-corrected chi connectivity index (χ3v) is 5.01. The maximum Gasteiger partial charge on any atom is 0.185 e. The van der Waals surface area contributed by atoms with Gasteiger partial charge in [0.05, 0.1) is 0 Å². The van der Waals surface area contributed by atoms with Crippen molar-refractivity contribution in [3.05, 3.63) is 10.0 Å². The molecular weight excluding hydrogens is 242 g/mol. The van der Waals surface area contributed by atoms with Gasteiger partial charge in [-0.05, 0) is 31.1 Å². The Morgan fingerprint density at radius 2 is 2.31 bits per heavy atom. The summed E-state index contributed by atoms with van der Waals surface area (Å²) in [5.74, 6) is 1.71. The first kappa shape index (κ1) is 10.4. The summed E-state index contributed by atoms with van der Waals surface area (Å²) >= 11 is 7.20. The first-order valence-electron chi connectivity index (χ1n) is 5.59. The van der Waals surface area contributed by atoms with E-state index in [9.17, 15) is 0 Å². The van der Waals surface area contributed by atoms with Crippen LogP contribution in [-0.4, -0.2) is 11.0 Å². The molecule has 0 radical (unpaired) electrons. The average molecular weight is 254 g/mol. The normalized spacial score (nSPS) is 31.6. The third-order valence-electron chi connectivity index (χ3n) is 3.73. The molecule has 3 atom stereocenters. The fraction of sp³-hybridized carbons (Fsp3) is 0.636. The van der Waals surface area contributed by atoms with Gasteiger partial charge < -0.3 is 5.32 Å². The lowest BCUT2D eigenvalue weighted by molar-refractivity contribution is 0.439. The number of hydrogen-bond acceptors (Lipinski definition) is 4. The topological polar surface area (TPSA) is 48.7 Å². The highest BCUT2D eigenvalue weighted by atomic mass is 35.5. The molecule has 1 aromatic heterocycles. The van der Waals surface area contributed by atoms with E-state index in [0.717, 1.165) is 17.0 Å². The number of nitrogens with one attached hydrogen (secondary N) is 1. The predicted molar refractivity (Wildman–Crippen MR) is 64.7 cm³/mol. The van der Waals surface area contributed by atoms with Gasteiger partial charge in [0.25, 0.3) is 0 Å². The predicted octanol–water partition coefficient (Wildman–Crippen LogP) is 3.27. The lowest BCUT2D eigenvalue weighted by Gasteiger charge is -2.22. The van der Waals surface area contributed by atoms with E-state index in [1.54, 1.807) is 0 Å².